The zero-order chi connectivity index (χ0) is 18.7. The van der Waals surface area contributed by atoms with Gasteiger partial charge in [0.2, 0.25) is 0 Å². The molecule has 0 spiro atoms. The summed E-state index contributed by atoms with van der Waals surface area (Å²) in [6.45, 7) is 6.81. The summed E-state index contributed by atoms with van der Waals surface area (Å²) < 4.78 is 16.0. The second-order valence-corrected chi connectivity index (χ2v) is 6.59. The minimum absolute atomic E-state index is 0.0133. The molecule has 1 aromatic carbocycles. The van der Waals surface area contributed by atoms with Crippen molar-refractivity contribution < 1.29 is 14.2 Å². The first-order chi connectivity index (χ1) is 12.7. The van der Waals surface area contributed by atoms with Crippen molar-refractivity contribution >= 4 is 5.96 Å². The maximum atomic E-state index is 5.62. The summed E-state index contributed by atoms with van der Waals surface area (Å²) in [4.78, 5) is 4.89. The lowest BCUT2D eigenvalue weighted by Gasteiger charge is -2.36. The van der Waals surface area contributed by atoms with Gasteiger partial charge in [-0.15, -0.1) is 0 Å². The van der Waals surface area contributed by atoms with E-state index in [-0.39, 0.29) is 5.41 Å². The molecule has 0 aromatic heterocycles. The Labute approximate surface area is 157 Å². The minimum atomic E-state index is 0.0133. The number of methoxy groups -OCH3 is 2. The average molecular weight is 364 g/mol. The van der Waals surface area contributed by atoms with Gasteiger partial charge in [0.25, 0.3) is 0 Å². The Kier molecular flexibility index (Phi) is 8.71. The Hall–Kier alpha value is -1.79. The summed E-state index contributed by atoms with van der Waals surface area (Å²) in [5, 5.41) is 6.72. The van der Waals surface area contributed by atoms with Crippen LogP contribution in [0.25, 0.3) is 0 Å². The second kappa shape index (κ2) is 11.0. The lowest BCUT2D eigenvalue weighted by Crippen LogP contribution is -2.41. The third-order valence-electron chi connectivity index (χ3n) is 4.85. The number of rotatable bonds is 9. The molecule has 0 saturated carbocycles. The van der Waals surface area contributed by atoms with Crippen LogP contribution in [0.5, 0.6) is 5.75 Å². The van der Waals surface area contributed by atoms with Gasteiger partial charge in [-0.1, -0.05) is 12.1 Å². The van der Waals surface area contributed by atoms with E-state index in [0.717, 1.165) is 70.4 Å². The van der Waals surface area contributed by atoms with Crippen LogP contribution >= 0.6 is 0 Å². The predicted molar refractivity (Wildman–Crippen MR) is 105 cm³/mol. The first-order valence-corrected chi connectivity index (χ1v) is 9.47. The fraction of sp³-hybridized carbons (Fsp3) is 0.650. The van der Waals surface area contributed by atoms with Crippen LogP contribution in [0.15, 0.2) is 29.3 Å². The molecule has 2 N–H and O–H groups in total. The molecule has 0 amide bonds. The Morgan fingerprint density at radius 2 is 1.88 bits per heavy atom. The van der Waals surface area contributed by atoms with E-state index in [9.17, 15) is 0 Å². The monoisotopic (exact) mass is 363 g/mol. The molecule has 1 aliphatic rings. The number of aliphatic imine (C=N–C) groups is 1. The van der Waals surface area contributed by atoms with Crippen LogP contribution in [0.3, 0.4) is 0 Å². The third kappa shape index (κ3) is 5.88. The van der Waals surface area contributed by atoms with Crippen molar-refractivity contribution in [2.75, 3.05) is 53.7 Å². The molecule has 2 rings (SSSR count). The van der Waals surface area contributed by atoms with E-state index in [1.165, 1.54) is 5.56 Å². The summed E-state index contributed by atoms with van der Waals surface area (Å²) in [5.74, 6) is 1.75. The highest BCUT2D eigenvalue weighted by Gasteiger charge is 2.34. The molecule has 1 heterocycles. The lowest BCUT2D eigenvalue weighted by molar-refractivity contribution is 0.0531. The van der Waals surface area contributed by atoms with Gasteiger partial charge in [-0.25, -0.2) is 0 Å². The van der Waals surface area contributed by atoms with Crippen molar-refractivity contribution in [1.82, 2.24) is 10.6 Å². The van der Waals surface area contributed by atoms with E-state index in [2.05, 4.69) is 29.7 Å². The second-order valence-electron chi connectivity index (χ2n) is 6.59. The lowest BCUT2D eigenvalue weighted by atomic mass is 9.74. The summed E-state index contributed by atoms with van der Waals surface area (Å²) in [6, 6.07) is 8.39. The molecule has 6 nitrogen and oxygen atoms in total. The van der Waals surface area contributed by atoms with Crippen molar-refractivity contribution in [3.8, 4) is 5.75 Å². The SMILES string of the molecule is CCNC(=NCC1(c2ccc(OC)cc2)CCOCC1)NCCCOC. The highest BCUT2D eigenvalue weighted by Crippen LogP contribution is 2.36. The van der Waals surface area contributed by atoms with E-state index in [1.807, 2.05) is 12.1 Å². The van der Waals surface area contributed by atoms with Gasteiger partial charge in [-0.3, -0.25) is 4.99 Å². The summed E-state index contributed by atoms with van der Waals surface area (Å²) >= 11 is 0. The van der Waals surface area contributed by atoms with Crippen LogP contribution in [0.2, 0.25) is 0 Å². The zero-order valence-corrected chi connectivity index (χ0v) is 16.3. The third-order valence-corrected chi connectivity index (χ3v) is 4.85. The van der Waals surface area contributed by atoms with Crippen LogP contribution in [-0.4, -0.2) is 59.6 Å². The molecule has 1 aromatic rings. The molecule has 1 saturated heterocycles. The Morgan fingerprint density at radius 1 is 1.15 bits per heavy atom. The normalized spacial score (nSPS) is 17.0. The molecule has 6 heteroatoms. The Bertz CT molecular complexity index is 540. The van der Waals surface area contributed by atoms with Gasteiger partial charge in [0.05, 0.1) is 13.7 Å². The molecule has 1 fully saturated rings. The van der Waals surface area contributed by atoms with E-state index in [4.69, 9.17) is 19.2 Å². The molecule has 0 atom stereocenters. The standard InChI is InChI=1S/C20H33N3O3/c1-4-21-19(22-12-5-13-24-2)23-16-20(10-14-26-15-11-20)17-6-8-18(25-3)9-7-17/h6-9H,4-5,10-16H2,1-3H3,(H2,21,22,23). The molecule has 0 bridgehead atoms. The van der Waals surface area contributed by atoms with Gasteiger partial charge in [0, 0.05) is 45.4 Å². The number of ether oxygens (including phenoxy) is 3. The average Bonchev–Trinajstić information content (AvgIpc) is 2.70. The molecular formula is C20H33N3O3. The first-order valence-electron chi connectivity index (χ1n) is 9.47. The quantitative estimate of drug-likeness (QED) is 0.401. The van der Waals surface area contributed by atoms with E-state index < -0.39 is 0 Å². The Morgan fingerprint density at radius 3 is 2.50 bits per heavy atom. The summed E-state index contributed by atoms with van der Waals surface area (Å²) in [5.41, 5.74) is 1.32. The smallest absolute Gasteiger partial charge is 0.191 e. The van der Waals surface area contributed by atoms with Crippen molar-refractivity contribution in [3.05, 3.63) is 29.8 Å². The maximum Gasteiger partial charge on any atom is 0.191 e. The number of guanidine groups is 1. The molecule has 0 radical (unpaired) electrons. The Balaban J connectivity index is 2.11. The number of hydrogen-bond donors (Lipinski definition) is 2. The first kappa shape index (κ1) is 20.5. The number of benzene rings is 1. The summed E-state index contributed by atoms with van der Waals surface area (Å²) in [6.07, 6.45) is 2.91. The highest BCUT2D eigenvalue weighted by atomic mass is 16.5. The molecule has 146 valence electrons. The van der Waals surface area contributed by atoms with Gasteiger partial charge in [-0.05, 0) is 43.9 Å². The van der Waals surface area contributed by atoms with Gasteiger partial charge < -0.3 is 24.8 Å². The number of nitrogens with zero attached hydrogens (tertiary/aromatic N) is 1. The van der Waals surface area contributed by atoms with Gasteiger partial charge in [0.1, 0.15) is 5.75 Å². The van der Waals surface area contributed by atoms with Crippen LogP contribution in [0.1, 0.15) is 31.7 Å². The largest absolute Gasteiger partial charge is 0.497 e. The number of nitrogens with one attached hydrogen (secondary N) is 2. The molecular weight excluding hydrogens is 330 g/mol. The molecule has 0 unspecified atom stereocenters. The van der Waals surface area contributed by atoms with E-state index >= 15 is 0 Å². The fourth-order valence-electron chi connectivity index (χ4n) is 3.24. The predicted octanol–water partition coefficient (Wildman–Crippen LogP) is 2.33. The van der Waals surface area contributed by atoms with Crippen LogP contribution in [0.4, 0.5) is 0 Å². The van der Waals surface area contributed by atoms with Crippen molar-refractivity contribution in [2.45, 2.75) is 31.6 Å². The van der Waals surface area contributed by atoms with Crippen LogP contribution in [-0.2, 0) is 14.9 Å². The minimum Gasteiger partial charge on any atom is -0.497 e. The van der Waals surface area contributed by atoms with Crippen molar-refractivity contribution in [2.24, 2.45) is 4.99 Å². The van der Waals surface area contributed by atoms with Gasteiger partial charge in [-0.2, -0.15) is 0 Å². The zero-order valence-electron chi connectivity index (χ0n) is 16.3. The topological polar surface area (TPSA) is 64.1 Å². The number of hydrogen-bond acceptors (Lipinski definition) is 4. The van der Waals surface area contributed by atoms with E-state index in [1.54, 1.807) is 14.2 Å². The van der Waals surface area contributed by atoms with E-state index in [0.29, 0.717) is 0 Å². The van der Waals surface area contributed by atoms with Gasteiger partial charge >= 0.3 is 0 Å². The molecule has 1 aliphatic heterocycles. The van der Waals surface area contributed by atoms with Crippen LogP contribution < -0.4 is 15.4 Å². The molecule has 0 aliphatic carbocycles. The molecule has 26 heavy (non-hydrogen) atoms. The summed E-state index contributed by atoms with van der Waals surface area (Å²) in [7, 11) is 3.42. The maximum absolute atomic E-state index is 5.62. The highest BCUT2D eigenvalue weighted by molar-refractivity contribution is 5.79. The van der Waals surface area contributed by atoms with Crippen LogP contribution in [0, 0.1) is 0 Å². The van der Waals surface area contributed by atoms with Gasteiger partial charge in [0.15, 0.2) is 5.96 Å². The fourth-order valence-corrected chi connectivity index (χ4v) is 3.24. The van der Waals surface area contributed by atoms with Crippen molar-refractivity contribution in [1.29, 1.82) is 0 Å². The van der Waals surface area contributed by atoms with Crippen molar-refractivity contribution in [3.63, 3.8) is 0 Å².